The van der Waals surface area contributed by atoms with E-state index in [9.17, 15) is 18.0 Å². The Bertz CT molecular complexity index is 681. The Kier molecular flexibility index (Phi) is 5.29. The van der Waals surface area contributed by atoms with E-state index in [4.69, 9.17) is 4.74 Å². The first-order valence-corrected chi connectivity index (χ1v) is 7.21. The van der Waals surface area contributed by atoms with E-state index in [1.165, 1.54) is 0 Å². The van der Waals surface area contributed by atoms with Crippen LogP contribution >= 0.6 is 0 Å². The molecule has 24 heavy (non-hydrogen) atoms. The van der Waals surface area contributed by atoms with Crippen molar-refractivity contribution in [2.24, 2.45) is 0 Å². The van der Waals surface area contributed by atoms with E-state index >= 15 is 0 Å². The molecule has 128 valence electrons. The largest absolute Gasteiger partial charge is 0.467 e. The van der Waals surface area contributed by atoms with Gasteiger partial charge in [0.05, 0.1) is 13.7 Å². The molecule has 0 aromatic heterocycles. The summed E-state index contributed by atoms with van der Waals surface area (Å²) in [7, 11) is 0.893. The lowest BCUT2D eigenvalue weighted by molar-refractivity contribution is -0.273. The van der Waals surface area contributed by atoms with E-state index in [0.29, 0.717) is 12.5 Å². The predicted octanol–water partition coefficient (Wildman–Crippen LogP) is 4.36. The van der Waals surface area contributed by atoms with Crippen molar-refractivity contribution in [3.63, 3.8) is 0 Å². The second kappa shape index (κ2) is 7.05. The Morgan fingerprint density at radius 1 is 0.958 bits per heavy atom. The van der Waals surface area contributed by atoms with Crippen molar-refractivity contribution in [2.45, 2.75) is 25.3 Å². The van der Waals surface area contributed by atoms with E-state index in [1.54, 1.807) is 24.3 Å². The molecule has 0 heterocycles. The van der Waals surface area contributed by atoms with Gasteiger partial charge in [-0.1, -0.05) is 54.6 Å². The summed E-state index contributed by atoms with van der Waals surface area (Å²) in [6, 6.07) is 16.5. The second-order valence-electron chi connectivity index (χ2n) is 5.37. The molecular formula is C18H17F3O3. The van der Waals surface area contributed by atoms with Crippen LogP contribution in [0.25, 0.3) is 11.1 Å². The molecule has 1 unspecified atom stereocenters. The first kappa shape index (κ1) is 18.0. The van der Waals surface area contributed by atoms with Crippen molar-refractivity contribution < 1.29 is 27.4 Å². The molecule has 0 fully saturated rings. The third kappa shape index (κ3) is 3.76. The highest BCUT2D eigenvalue weighted by Gasteiger charge is 2.59. The van der Waals surface area contributed by atoms with Crippen molar-refractivity contribution in [2.75, 3.05) is 7.11 Å². The Hall–Kier alpha value is -2.34. The number of ether oxygens (including phenoxy) is 2. The van der Waals surface area contributed by atoms with Crippen LogP contribution < -0.4 is 0 Å². The molecule has 2 aromatic rings. The number of carbonyl (C=O) groups excluding carboxylic acids is 1. The van der Waals surface area contributed by atoms with Crippen LogP contribution in [0.2, 0.25) is 0 Å². The lowest BCUT2D eigenvalue weighted by atomic mass is 10.0. The van der Waals surface area contributed by atoms with E-state index in [2.05, 4.69) is 4.74 Å². The zero-order valence-corrected chi connectivity index (χ0v) is 13.3. The van der Waals surface area contributed by atoms with Crippen LogP contribution in [0.5, 0.6) is 0 Å². The Balaban J connectivity index is 2.12. The van der Waals surface area contributed by atoms with E-state index in [0.717, 1.165) is 18.2 Å². The van der Waals surface area contributed by atoms with Crippen LogP contribution in [-0.2, 0) is 20.9 Å². The first-order chi connectivity index (χ1) is 11.3. The quantitative estimate of drug-likeness (QED) is 0.760. The highest BCUT2D eigenvalue weighted by Crippen LogP contribution is 2.35. The number of methoxy groups -OCH3 is 1. The molecule has 0 radical (unpaired) electrons. The molecule has 3 nitrogen and oxygen atoms in total. The molecule has 0 saturated carbocycles. The highest BCUT2D eigenvalue weighted by atomic mass is 19.4. The van der Waals surface area contributed by atoms with Gasteiger partial charge in [-0.15, -0.1) is 0 Å². The van der Waals surface area contributed by atoms with Crippen LogP contribution in [0.3, 0.4) is 0 Å². The van der Waals surface area contributed by atoms with Crippen LogP contribution in [0.1, 0.15) is 12.5 Å². The van der Waals surface area contributed by atoms with E-state index < -0.39 is 17.7 Å². The molecule has 2 aromatic carbocycles. The number of rotatable bonds is 5. The molecule has 0 amide bonds. The van der Waals surface area contributed by atoms with Crippen molar-refractivity contribution in [3.05, 3.63) is 60.2 Å². The normalized spacial score (nSPS) is 14.0. The van der Waals surface area contributed by atoms with Crippen LogP contribution in [-0.4, -0.2) is 24.9 Å². The number of hydrogen-bond acceptors (Lipinski definition) is 3. The molecule has 6 heteroatoms. The minimum atomic E-state index is -4.87. The lowest BCUT2D eigenvalue weighted by Crippen LogP contribution is -2.52. The fraction of sp³-hybridized carbons (Fsp3) is 0.278. The summed E-state index contributed by atoms with van der Waals surface area (Å²) in [5.41, 5.74) is -0.542. The lowest BCUT2D eigenvalue weighted by Gasteiger charge is -2.29. The molecule has 1 atom stereocenters. The minimum absolute atomic E-state index is 0.361. The summed E-state index contributed by atoms with van der Waals surface area (Å²) in [6.45, 7) is 0.303. The summed E-state index contributed by atoms with van der Waals surface area (Å²) >= 11 is 0. The zero-order chi connectivity index (χ0) is 17.8. The molecule has 0 saturated heterocycles. The molecule has 0 spiro atoms. The van der Waals surface area contributed by atoms with Gasteiger partial charge in [0.1, 0.15) is 0 Å². The smallest absolute Gasteiger partial charge is 0.428 e. The molecular weight excluding hydrogens is 321 g/mol. The maximum Gasteiger partial charge on any atom is 0.428 e. The van der Waals surface area contributed by atoms with Crippen molar-refractivity contribution in [1.82, 2.24) is 0 Å². The molecule has 0 aliphatic rings. The molecule has 0 N–H and O–H groups in total. The van der Waals surface area contributed by atoms with Gasteiger partial charge in [-0.2, -0.15) is 13.2 Å². The summed E-state index contributed by atoms with van der Waals surface area (Å²) in [4.78, 5) is 11.5. The highest BCUT2D eigenvalue weighted by molar-refractivity contribution is 5.80. The van der Waals surface area contributed by atoms with Gasteiger partial charge in [0.15, 0.2) is 0 Å². The Morgan fingerprint density at radius 2 is 1.50 bits per heavy atom. The van der Waals surface area contributed by atoms with Crippen molar-refractivity contribution >= 4 is 5.97 Å². The van der Waals surface area contributed by atoms with Gasteiger partial charge in [0.2, 0.25) is 0 Å². The van der Waals surface area contributed by atoms with Crippen LogP contribution in [0, 0.1) is 0 Å². The number of benzene rings is 2. The number of alkyl halides is 3. The maximum atomic E-state index is 13.1. The van der Waals surface area contributed by atoms with Gasteiger partial charge >= 0.3 is 12.1 Å². The molecule has 0 aliphatic heterocycles. The minimum Gasteiger partial charge on any atom is -0.467 e. The fourth-order valence-corrected chi connectivity index (χ4v) is 2.10. The fourth-order valence-electron chi connectivity index (χ4n) is 2.10. The number of hydrogen-bond donors (Lipinski definition) is 0. The van der Waals surface area contributed by atoms with Gasteiger partial charge in [-0.05, 0) is 23.6 Å². The SMILES string of the molecule is COC(=O)C(C)(OCc1ccc(-c2ccccc2)cc1)C(F)(F)F. The third-order valence-electron chi connectivity index (χ3n) is 3.70. The van der Waals surface area contributed by atoms with Gasteiger partial charge in [0.25, 0.3) is 5.60 Å². The van der Waals surface area contributed by atoms with Gasteiger partial charge in [0, 0.05) is 0 Å². The van der Waals surface area contributed by atoms with E-state index in [1.807, 2.05) is 30.3 Å². The van der Waals surface area contributed by atoms with E-state index in [-0.39, 0.29) is 6.61 Å². The van der Waals surface area contributed by atoms with Crippen LogP contribution in [0.15, 0.2) is 54.6 Å². The number of esters is 1. The summed E-state index contributed by atoms with van der Waals surface area (Å²) in [5, 5.41) is 0. The molecule has 0 bridgehead atoms. The monoisotopic (exact) mass is 338 g/mol. The number of halogens is 3. The summed E-state index contributed by atoms with van der Waals surface area (Å²) < 4.78 is 48.4. The third-order valence-corrected chi connectivity index (χ3v) is 3.70. The summed E-state index contributed by atoms with van der Waals surface area (Å²) in [5.74, 6) is -1.48. The Labute approximate surface area is 138 Å². The maximum absolute atomic E-state index is 13.1. The second-order valence-corrected chi connectivity index (χ2v) is 5.37. The molecule has 2 rings (SSSR count). The first-order valence-electron chi connectivity index (χ1n) is 7.21. The predicted molar refractivity (Wildman–Crippen MR) is 83.1 cm³/mol. The van der Waals surface area contributed by atoms with Crippen LogP contribution in [0.4, 0.5) is 13.2 Å². The topological polar surface area (TPSA) is 35.5 Å². The number of carbonyl (C=O) groups is 1. The Morgan fingerprint density at radius 3 is 2.00 bits per heavy atom. The van der Waals surface area contributed by atoms with Gasteiger partial charge < -0.3 is 9.47 Å². The molecule has 0 aliphatic carbocycles. The van der Waals surface area contributed by atoms with Crippen molar-refractivity contribution in [1.29, 1.82) is 0 Å². The average Bonchev–Trinajstić information content (AvgIpc) is 2.59. The van der Waals surface area contributed by atoms with Gasteiger partial charge in [-0.25, -0.2) is 4.79 Å². The van der Waals surface area contributed by atoms with Gasteiger partial charge in [-0.3, -0.25) is 0 Å². The summed E-state index contributed by atoms with van der Waals surface area (Å²) in [6.07, 6.45) is -4.87. The zero-order valence-electron chi connectivity index (χ0n) is 13.3. The average molecular weight is 338 g/mol. The van der Waals surface area contributed by atoms with Crippen molar-refractivity contribution in [3.8, 4) is 11.1 Å². The standard InChI is InChI=1S/C18H17F3O3/c1-17(16(22)23-2,18(19,20)21)24-12-13-8-10-15(11-9-13)14-6-4-3-5-7-14/h3-11H,12H2,1-2H3.